The summed E-state index contributed by atoms with van der Waals surface area (Å²) >= 11 is 0. The van der Waals surface area contributed by atoms with E-state index in [0.717, 1.165) is 32.5 Å². The molecule has 2 rings (SSSR count). The number of benzene rings is 1. The summed E-state index contributed by atoms with van der Waals surface area (Å²) in [6.07, 6.45) is 2.94. The number of nitrogens with two attached hydrogens (primary N) is 1. The average Bonchev–Trinajstić information content (AvgIpc) is 2.65. The standard InChI is InChI=1S/C15H22N2O2/c1-19-15(18)14(16)8-10-17-9-4-7-12-5-2-3-6-13(12)11-17/h2-3,5-6,14H,4,7-11,16H2,1H3. The van der Waals surface area contributed by atoms with Crippen molar-refractivity contribution in [3.05, 3.63) is 35.4 Å². The number of methoxy groups -OCH3 is 1. The van der Waals surface area contributed by atoms with Crippen LogP contribution in [0.25, 0.3) is 0 Å². The van der Waals surface area contributed by atoms with Crippen LogP contribution in [0.5, 0.6) is 0 Å². The van der Waals surface area contributed by atoms with Crippen LogP contribution in [0.2, 0.25) is 0 Å². The molecule has 0 aliphatic carbocycles. The lowest BCUT2D eigenvalue weighted by molar-refractivity contribution is -0.142. The zero-order chi connectivity index (χ0) is 13.7. The molecule has 0 radical (unpaired) electrons. The molecule has 0 aromatic heterocycles. The van der Waals surface area contributed by atoms with E-state index in [9.17, 15) is 4.79 Å². The first kappa shape index (κ1) is 14.0. The van der Waals surface area contributed by atoms with Gasteiger partial charge in [-0.05, 0) is 36.9 Å². The van der Waals surface area contributed by atoms with E-state index in [1.807, 2.05) is 0 Å². The second-order valence-electron chi connectivity index (χ2n) is 5.07. The van der Waals surface area contributed by atoms with E-state index in [1.165, 1.54) is 18.2 Å². The highest BCUT2D eigenvalue weighted by atomic mass is 16.5. The molecule has 1 aromatic carbocycles. The summed E-state index contributed by atoms with van der Waals surface area (Å²) in [6, 6.07) is 8.07. The van der Waals surface area contributed by atoms with E-state index < -0.39 is 6.04 Å². The van der Waals surface area contributed by atoms with Gasteiger partial charge in [0.2, 0.25) is 0 Å². The molecule has 1 aromatic rings. The number of rotatable bonds is 4. The molecule has 1 aliphatic rings. The van der Waals surface area contributed by atoms with Gasteiger partial charge in [-0.25, -0.2) is 0 Å². The topological polar surface area (TPSA) is 55.6 Å². The van der Waals surface area contributed by atoms with Gasteiger partial charge in [-0.15, -0.1) is 0 Å². The number of hydrogen-bond donors (Lipinski definition) is 1. The Balaban J connectivity index is 1.90. The Bertz CT molecular complexity index is 434. The predicted octanol–water partition coefficient (Wildman–Crippen LogP) is 1.33. The van der Waals surface area contributed by atoms with Crippen molar-refractivity contribution in [1.82, 2.24) is 4.90 Å². The first-order valence-electron chi connectivity index (χ1n) is 6.83. The minimum Gasteiger partial charge on any atom is -0.468 e. The van der Waals surface area contributed by atoms with Crippen molar-refractivity contribution in [3.63, 3.8) is 0 Å². The van der Waals surface area contributed by atoms with Crippen molar-refractivity contribution in [2.75, 3.05) is 20.2 Å². The minimum absolute atomic E-state index is 0.324. The summed E-state index contributed by atoms with van der Waals surface area (Å²) in [5, 5.41) is 0. The molecular weight excluding hydrogens is 240 g/mol. The Labute approximate surface area is 114 Å². The summed E-state index contributed by atoms with van der Waals surface area (Å²) in [6.45, 7) is 2.84. The van der Waals surface area contributed by atoms with Gasteiger partial charge < -0.3 is 10.5 Å². The zero-order valence-corrected chi connectivity index (χ0v) is 11.5. The van der Waals surface area contributed by atoms with Gasteiger partial charge in [0.05, 0.1) is 7.11 Å². The first-order chi connectivity index (χ1) is 9.20. The molecule has 1 heterocycles. The molecule has 19 heavy (non-hydrogen) atoms. The van der Waals surface area contributed by atoms with E-state index in [2.05, 4.69) is 33.9 Å². The fraction of sp³-hybridized carbons (Fsp3) is 0.533. The lowest BCUT2D eigenvalue weighted by Crippen LogP contribution is -2.36. The maximum atomic E-state index is 11.3. The summed E-state index contributed by atoms with van der Waals surface area (Å²) in [5.74, 6) is -0.324. The first-order valence-corrected chi connectivity index (χ1v) is 6.83. The van der Waals surface area contributed by atoms with Gasteiger partial charge in [-0.1, -0.05) is 24.3 Å². The number of aryl methyl sites for hydroxylation is 1. The van der Waals surface area contributed by atoms with Crippen LogP contribution in [0.15, 0.2) is 24.3 Å². The fourth-order valence-electron chi connectivity index (χ4n) is 2.55. The van der Waals surface area contributed by atoms with Crippen LogP contribution in [0.4, 0.5) is 0 Å². The third kappa shape index (κ3) is 3.78. The highest BCUT2D eigenvalue weighted by Gasteiger charge is 2.18. The van der Waals surface area contributed by atoms with E-state index in [1.54, 1.807) is 0 Å². The highest BCUT2D eigenvalue weighted by Crippen LogP contribution is 2.18. The van der Waals surface area contributed by atoms with Crippen LogP contribution in [-0.4, -0.2) is 37.1 Å². The molecule has 0 spiro atoms. The Morgan fingerprint density at radius 2 is 2.16 bits per heavy atom. The Morgan fingerprint density at radius 3 is 2.89 bits per heavy atom. The van der Waals surface area contributed by atoms with Gasteiger partial charge in [-0.3, -0.25) is 9.69 Å². The number of fused-ring (bicyclic) bond motifs is 1. The quantitative estimate of drug-likeness (QED) is 0.832. The van der Waals surface area contributed by atoms with E-state index in [0.29, 0.717) is 6.42 Å². The predicted molar refractivity (Wildman–Crippen MR) is 74.6 cm³/mol. The SMILES string of the molecule is COC(=O)C(N)CCN1CCCc2ccccc2C1. The molecule has 0 bridgehead atoms. The Morgan fingerprint density at radius 1 is 1.42 bits per heavy atom. The fourth-order valence-corrected chi connectivity index (χ4v) is 2.55. The summed E-state index contributed by atoms with van der Waals surface area (Å²) in [5.41, 5.74) is 8.62. The molecule has 1 unspecified atom stereocenters. The van der Waals surface area contributed by atoms with Crippen LogP contribution in [0, 0.1) is 0 Å². The van der Waals surface area contributed by atoms with Crippen molar-refractivity contribution in [3.8, 4) is 0 Å². The molecule has 0 amide bonds. The van der Waals surface area contributed by atoms with Crippen molar-refractivity contribution in [2.45, 2.75) is 31.8 Å². The van der Waals surface area contributed by atoms with Gasteiger partial charge in [0.1, 0.15) is 6.04 Å². The average molecular weight is 262 g/mol. The van der Waals surface area contributed by atoms with Crippen LogP contribution >= 0.6 is 0 Å². The monoisotopic (exact) mass is 262 g/mol. The number of nitrogens with zero attached hydrogens (tertiary/aromatic N) is 1. The third-order valence-corrected chi connectivity index (χ3v) is 3.69. The Kier molecular flexibility index (Phi) is 4.93. The highest BCUT2D eigenvalue weighted by molar-refractivity contribution is 5.75. The van der Waals surface area contributed by atoms with Gasteiger partial charge in [-0.2, -0.15) is 0 Å². The second-order valence-corrected chi connectivity index (χ2v) is 5.07. The molecule has 0 saturated heterocycles. The van der Waals surface area contributed by atoms with Crippen molar-refractivity contribution in [1.29, 1.82) is 0 Å². The summed E-state index contributed by atoms with van der Waals surface area (Å²) in [7, 11) is 1.38. The summed E-state index contributed by atoms with van der Waals surface area (Å²) < 4.78 is 4.65. The van der Waals surface area contributed by atoms with Gasteiger partial charge >= 0.3 is 5.97 Å². The molecule has 1 atom stereocenters. The largest absolute Gasteiger partial charge is 0.468 e. The summed E-state index contributed by atoms with van der Waals surface area (Å²) in [4.78, 5) is 13.7. The number of esters is 1. The smallest absolute Gasteiger partial charge is 0.322 e. The third-order valence-electron chi connectivity index (χ3n) is 3.69. The van der Waals surface area contributed by atoms with Crippen LogP contribution in [-0.2, 0) is 22.5 Å². The van der Waals surface area contributed by atoms with Crippen LogP contribution < -0.4 is 5.73 Å². The molecule has 0 fully saturated rings. The molecule has 0 saturated carbocycles. The number of hydrogen-bond acceptors (Lipinski definition) is 4. The van der Waals surface area contributed by atoms with Crippen molar-refractivity contribution >= 4 is 5.97 Å². The molecule has 2 N–H and O–H groups in total. The maximum Gasteiger partial charge on any atom is 0.322 e. The normalized spacial score (nSPS) is 17.4. The van der Waals surface area contributed by atoms with E-state index in [4.69, 9.17) is 5.73 Å². The van der Waals surface area contributed by atoms with Gasteiger partial charge in [0.15, 0.2) is 0 Å². The molecule has 104 valence electrons. The maximum absolute atomic E-state index is 11.3. The number of carbonyl (C=O) groups excluding carboxylic acids is 1. The lowest BCUT2D eigenvalue weighted by Gasteiger charge is -2.21. The van der Waals surface area contributed by atoms with Gasteiger partial charge in [0.25, 0.3) is 0 Å². The number of ether oxygens (including phenoxy) is 1. The van der Waals surface area contributed by atoms with E-state index in [-0.39, 0.29) is 5.97 Å². The molecule has 4 heteroatoms. The number of carbonyl (C=O) groups is 1. The van der Waals surface area contributed by atoms with Crippen LogP contribution in [0.1, 0.15) is 24.0 Å². The van der Waals surface area contributed by atoms with Crippen molar-refractivity contribution in [2.24, 2.45) is 5.73 Å². The lowest BCUT2D eigenvalue weighted by atomic mass is 10.0. The zero-order valence-electron chi connectivity index (χ0n) is 11.5. The molecule has 4 nitrogen and oxygen atoms in total. The molecule has 1 aliphatic heterocycles. The molecular formula is C15H22N2O2. The van der Waals surface area contributed by atoms with Crippen molar-refractivity contribution < 1.29 is 9.53 Å². The van der Waals surface area contributed by atoms with E-state index >= 15 is 0 Å². The second kappa shape index (κ2) is 6.68. The Hall–Kier alpha value is -1.39. The van der Waals surface area contributed by atoms with Gasteiger partial charge in [0, 0.05) is 13.1 Å². The minimum atomic E-state index is -0.511. The van der Waals surface area contributed by atoms with Crippen LogP contribution in [0.3, 0.4) is 0 Å².